The van der Waals surface area contributed by atoms with E-state index in [9.17, 15) is 9.59 Å². The number of benzene rings is 1. The molecule has 0 amide bonds. The van der Waals surface area contributed by atoms with Crippen molar-refractivity contribution in [1.82, 2.24) is 9.55 Å². The highest BCUT2D eigenvalue weighted by Gasteiger charge is 2.18. The molecule has 0 saturated heterocycles. The van der Waals surface area contributed by atoms with Crippen molar-refractivity contribution in [3.8, 4) is 0 Å². The first-order chi connectivity index (χ1) is 10.1. The third-order valence-electron chi connectivity index (χ3n) is 3.15. The Kier molecular flexibility index (Phi) is 4.52. The summed E-state index contributed by atoms with van der Waals surface area (Å²) in [5.74, 6) is -0.361. The SMILES string of the molecule is CCOC(=O)/C(=C/c1nc2ccccc2n1CC)C(C)=O. The van der Waals surface area contributed by atoms with Gasteiger partial charge < -0.3 is 9.30 Å². The van der Waals surface area contributed by atoms with E-state index in [1.165, 1.54) is 13.0 Å². The standard InChI is InChI=1S/C16H18N2O3/c1-4-18-14-9-7-6-8-13(14)17-15(18)10-12(11(3)19)16(20)21-5-2/h6-10H,4-5H2,1-3H3/b12-10+. The molecule has 5 heteroatoms. The zero-order chi connectivity index (χ0) is 15.4. The van der Waals surface area contributed by atoms with Crippen molar-refractivity contribution < 1.29 is 14.3 Å². The van der Waals surface area contributed by atoms with Gasteiger partial charge in [0.05, 0.1) is 17.6 Å². The van der Waals surface area contributed by atoms with Gasteiger partial charge in [-0.2, -0.15) is 0 Å². The van der Waals surface area contributed by atoms with Crippen LogP contribution in [0.1, 0.15) is 26.6 Å². The minimum atomic E-state index is -0.611. The lowest BCUT2D eigenvalue weighted by Crippen LogP contribution is -2.14. The second-order valence-corrected chi connectivity index (χ2v) is 4.54. The molecule has 0 aliphatic heterocycles. The van der Waals surface area contributed by atoms with Gasteiger partial charge >= 0.3 is 5.97 Å². The maximum Gasteiger partial charge on any atom is 0.341 e. The van der Waals surface area contributed by atoms with Crippen molar-refractivity contribution in [2.75, 3.05) is 6.61 Å². The highest BCUT2D eigenvalue weighted by molar-refractivity contribution is 6.19. The molecule has 21 heavy (non-hydrogen) atoms. The highest BCUT2D eigenvalue weighted by atomic mass is 16.5. The predicted molar refractivity (Wildman–Crippen MR) is 80.7 cm³/mol. The lowest BCUT2D eigenvalue weighted by Gasteiger charge is -2.05. The maximum atomic E-state index is 11.9. The number of carbonyl (C=O) groups is 2. The summed E-state index contributed by atoms with van der Waals surface area (Å²) >= 11 is 0. The van der Waals surface area contributed by atoms with Gasteiger partial charge in [0.2, 0.25) is 0 Å². The van der Waals surface area contributed by atoms with Crippen LogP contribution in [-0.2, 0) is 20.9 Å². The Balaban J connectivity index is 2.56. The van der Waals surface area contributed by atoms with Gasteiger partial charge in [0.25, 0.3) is 0 Å². The molecule has 2 aromatic rings. The van der Waals surface area contributed by atoms with Crippen LogP contribution in [0.25, 0.3) is 17.1 Å². The van der Waals surface area contributed by atoms with Crippen molar-refractivity contribution in [1.29, 1.82) is 0 Å². The number of rotatable bonds is 5. The van der Waals surface area contributed by atoms with Gasteiger partial charge in [0, 0.05) is 6.54 Å². The van der Waals surface area contributed by atoms with E-state index in [-0.39, 0.29) is 18.0 Å². The van der Waals surface area contributed by atoms with E-state index in [0.717, 1.165) is 11.0 Å². The van der Waals surface area contributed by atoms with Crippen LogP contribution in [0.3, 0.4) is 0 Å². The van der Waals surface area contributed by atoms with Crippen LogP contribution in [0.15, 0.2) is 29.8 Å². The van der Waals surface area contributed by atoms with Crippen molar-refractivity contribution in [2.45, 2.75) is 27.3 Å². The van der Waals surface area contributed by atoms with Crippen molar-refractivity contribution in [3.05, 3.63) is 35.7 Å². The third kappa shape index (κ3) is 3.02. The number of ketones is 1. The lowest BCUT2D eigenvalue weighted by molar-refractivity contribution is -0.139. The molecule has 0 fully saturated rings. The second kappa shape index (κ2) is 6.35. The Morgan fingerprint density at radius 2 is 2.00 bits per heavy atom. The number of nitrogens with zero attached hydrogens (tertiary/aromatic N) is 2. The largest absolute Gasteiger partial charge is 0.462 e. The summed E-state index contributed by atoms with van der Waals surface area (Å²) in [6.45, 7) is 5.97. The molecule has 0 bridgehead atoms. The van der Waals surface area contributed by atoms with E-state index >= 15 is 0 Å². The minimum absolute atomic E-state index is 0.0156. The summed E-state index contributed by atoms with van der Waals surface area (Å²) < 4.78 is 6.88. The molecule has 0 unspecified atom stereocenters. The maximum absolute atomic E-state index is 11.9. The molecule has 1 aromatic heterocycles. The summed E-state index contributed by atoms with van der Waals surface area (Å²) in [6.07, 6.45) is 1.50. The van der Waals surface area contributed by atoms with Gasteiger partial charge in [-0.1, -0.05) is 12.1 Å². The minimum Gasteiger partial charge on any atom is -0.462 e. The molecule has 5 nitrogen and oxygen atoms in total. The lowest BCUT2D eigenvalue weighted by atomic mass is 10.1. The predicted octanol–water partition coefficient (Wildman–Crippen LogP) is 2.59. The number of Topliss-reactive ketones (excluding diaryl/α,β-unsaturated/α-hetero) is 1. The fourth-order valence-electron chi connectivity index (χ4n) is 2.18. The number of imidazole rings is 1. The number of esters is 1. The van der Waals surface area contributed by atoms with E-state index in [2.05, 4.69) is 4.98 Å². The number of aromatic nitrogens is 2. The smallest absolute Gasteiger partial charge is 0.341 e. The van der Waals surface area contributed by atoms with E-state index in [1.54, 1.807) is 6.92 Å². The van der Waals surface area contributed by atoms with Crippen LogP contribution < -0.4 is 0 Å². The van der Waals surface area contributed by atoms with Crippen molar-refractivity contribution >= 4 is 28.9 Å². The molecule has 2 rings (SSSR count). The quantitative estimate of drug-likeness (QED) is 0.367. The molecule has 1 aromatic carbocycles. The van der Waals surface area contributed by atoms with Gasteiger partial charge in [-0.25, -0.2) is 9.78 Å². The molecule has 0 aliphatic carbocycles. The molecule has 0 spiro atoms. The van der Waals surface area contributed by atoms with Crippen LogP contribution in [-0.4, -0.2) is 27.9 Å². The third-order valence-corrected chi connectivity index (χ3v) is 3.15. The second-order valence-electron chi connectivity index (χ2n) is 4.54. The summed E-state index contributed by atoms with van der Waals surface area (Å²) in [6, 6.07) is 7.69. The Hall–Kier alpha value is -2.43. The molecular formula is C16H18N2O3. The van der Waals surface area contributed by atoms with Gasteiger partial charge in [-0.05, 0) is 39.0 Å². The average molecular weight is 286 g/mol. The summed E-state index contributed by atoms with van der Waals surface area (Å²) in [7, 11) is 0. The first kappa shape index (κ1) is 15.0. The van der Waals surface area contributed by atoms with Gasteiger partial charge in [0.15, 0.2) is 5.78 Å². The average Bonchev–Trinajstić information content (AvgIpc) is 2.81. The van der Waals surface area contributed by atoms with E-state index in [0.29, 0.717) is 12.4 Å². The van der Waals surface area contributed by atoms with Crippen LogP contribution in [0.4, 0.5) is 0 Å². The van der Waals surface area contributed by atoms with Crippen LogP contribution in [0.2, 0.25) is 0 Å². The summed E-state index contributed by atoms with van der Waals surface area (Å²) in [5, 5.41) is 0. The zero-order valence-electron chi connectivity index (χ0n) is 12.4. The molecule has 0 radical (unpaired) electrons. The van der Waals surface area contributed by atoms with E-state index in [4.69, 9.17) is 4.74 Å². The highest BCUT2D eigenvalue weighted by Crippen LogP contribution is 2.18. The molecule has 1 heterocycles. The summed E-state index contributed by atoms with van der Waals surface area (Å²) in [5.41, 5.74) is 1.82. The van der Waals surface area contributed by atoms with Crippen molar-refractivity contribution in [2.24, 2.45) is 0 Å². The zero-order valence-corrected chi connectivity index (χ0v) is 12.4. The molecule has 0 atom stereocenters. The Morgan fingerprint density at radius 3 is 2.62 bits per heavy atom. The Morgan fingerprint density at radius 1 is 1.29 bits per heavy atom. The fraction of sp³-hybridized carbons (Fsp3) is 0.312. The van der Waals surface area contributed by atoms with Crippen LogP contribution in [0, 0.1) is 0 Å². The van der Waals surface area contributed by atoms with E-state index < -0.39 is 5.97 Å². The number of aryl methyl sites for hydroxylation is 1. The first-order valence-corrected chi connectivity index (χ1v) is 6.93. The number of fused-ring (bicyclic) bond motifs is 1. The number of carbonyl (C=O) groups excluding carboxylic acids is 2. The van der Waals surface area contributed by atoms with Crippen molar-refractivity contribution in [3.63, 3.8) is 0 Å². The van der Waals surface area contributed by atoms with E-state index in [1.807, 2.05) is 35.8 Å². The topological polar surface area (TPSA) is 61.2 Å². The Labute approximate surface area is 123 Å². The summed E-state index contributed by atoms with van der Waals surface area (Å²) in [4.78, 5) is 28.0. The molecule has 0 saturated carbocycles. The molecule has 110 valence electrons. The number of hydrogen-bond acceptors (Lipinski definition) is 4. The van der Waals surface area contributed by atoms with Gasteiger partial charge in [-0.15, -0.1) is 0 Å². The molecule has 0 N–H and O–H groups in total. The molecular weight excluding hydrogens is 268 g/mol. The Bertz CT molecular complexity index is 713. The number of ether oxygens (including phenoxy) is 1. The number of para-hydroxylation sites is 2. The molecule has 0 aliphatic rings. The van der Waals surface area contributed by atoms with Crippen LogP contribution >= 0.6 is 0 Å². The van der Waals surface area contributed by atoms with Gasteiger partial charge in [-0.3, -0.25) is 4.79 Å². The normalized spacial score (nSPS) is 11.7. The number of hydrogen-bond donors (Lipinski definition) is 0. The fourth-order valence-corrected chi connectivity index (χ4v) is 2.18. The van der Waals surface area contributed by atoms with Gasteiger partial charge in [0.1, 0.15) is 11.4 Å². The monoisotopic (exact) mass is 286 g/mol. The van der Waals surface area contributed by atoms with Crippen LogP contribution in [0.5, 0.6) is 0 Å². The first-order valence-electron chi connectivity index (χ1n) is 6.93.